The fourth-order valence-corrected chi connectivity index (χ4v) is 3.30. The number of hydrogen-bond acceptors (Lipinski definition) is 2. The van der Waals surface area contributed by atoms with Crippen molar-refractivity contribution in [2.24, 2.45) is 4.99 Å². The van der Waals surface area contributed by atoms with Crippen molar-refractivity contribution < 1.29 is 4.79 Å². The Hall–Kier alpha value is -2.04. The van der Waals surface area contributed by atoms with Gasteiger partial charge in [-0.1, -0.05) is 38.1 Å². The van der Waals surface area contributed by atoms with Crippen molar-refractivity contribution in [3.8, 4) is 0 Å². The molecule has 0 aliphatic carbocycles. The molecule has 0 aromatic heterocycles. The van der Waals surface area contributed by atoms with E-state index in [4.69, 9.17) is 0 Å². The Kier molecular flexibility index (Phi) is 9.16. The van der Waals surface area contributed by atoms with Crippen LogP contribution in [0.15, 0.2) is 29.3 Å². The molecule has 1 amide bonds. The first-order chi connectivity index (χ1) is 13.1. The summed E-state index contributed by atoms with van der Waals surface area (Å²) < 4.78 is 0. The highest BCUT2D eigenvalue weighted by Crippen LogP contribution is 2.15. The second kappa shape index (κ2) is 11.6. The van der Waals surface area contributed by atoms with Crippen LogP contribution in [0.1, 0.15) is 63.5 Å². The zero-order chi connectivity index (χ0) is 19.5. The number of nitrogens with zero attached hydrogens (tertiary/aromatic N) is 2. The van der Waals surface area contributed by atoms with Crippen LogP contribution in [0.2, 0.25) is 0 Å². The van der Waals surface area contributed by atoms with Crippen LogP contribution >= 0.6 is 0 Å². The first-order valence-electron chi connectivity index (χ1n) is 10.5. The van der Waals surface area contributed by atoms with E-state index in [1.54, 1.807) is 0 Å². The van der Waals surface area contributed by atoms with Gasteiger partial charge in [-0.25, -0.2) is 0 Å². The van der Waals surface area contributed by atoms with Crippen molar-refractivity contribution in [1.82, 2.24) is 15.5 Å². The molecule has 0 bridgehead atoms. The molecule has 0 radical (unpaired) electrons. The summed E-state index contributed by atoms with van der Waals surface area (Å²) in [6.07, 6.45) is 4.79. The van der Waals surface area contributed by atoms with Crippen molar-refractivity contribution in [3.05, 3.63) is 35.4 Å². The summed E-state index contributed by atoms with van der Waals surface area (Å²) >= 11 is 0. The maximum absolute atomic E-state index is 11.6. The van der Waals surface area contributed by atoms with Gasteiger partial charge in [-0.05, 0) is 49.7 Å². The molecule has 0 saturated carbocycles. The standard InChI is InChI=1S/C22H36N4O/c1-4-23-22(25-15-7-17-26-16-6-9-21(26)27)24-14-5-8-19-10-12-20(13-11-19)18(2)3/h10-13,18H,4-9,14-17H2,1-3H3,(H2,23,24,25). The molecule has 1 fully saturated rings. The van der Waals surface area contributed by atoms with E-state index in [1.807, 2.05) is 4.90 Å². The van der Waals surface area contributed by atoms with Gasteiger partial charge in [-0.3, -0.25) is 9.79 Å². The van der Waals surface area contributed by atoms with E-state index in [9.17, 15) is 4.79 Å². The minimum absolute atomic E-state index is 0.297. The number of guanidine groups is 1. The van der Waals surface area contributed by atoms with E-state index in [0.717, 1.165) is 64.4 Å². The second-order valence-corrected chi connectivity index (χ2v) is 7.53. The molecule has 1 aromatic rings. The molecule has 5 heteroatoms. The number of hydrogen-bond donors (Lipinski definition) is 2. The Morgan fingerprint density at radius 1 is 1.19 bits per heavy atom. The summed E-state index contributed by atoms with van der Waals surface area (Å²) in [5, 5.41) is 6.71. The Balaban J connectivity index is 1.66. The van der Waals surface area contributed by atoms with E-state index in [2.05, 4.69) is 60.7 Å². The van der Waals surface area contributed by atoms with Crippen LogP contribution in [0.4, 0.5) is 0 Å². The molecule has 0 atom stereocenters. The van der Waals surface area contributed by atoms with Crippen LogP contribution < -0.4 is 10.6 Å². The zero-order valence-corrected chi connectivity index (χ0v) is 17.3. The van der Waals surface area contributed by atoms with Crippen LogP contribution in [-0.2, 0) is 11.2 Å². The molecule has 1 aromatic carbocycles. The van der Waals surface area contributed by atoms with Gasteiger partial charge in [0, 0.05) is 39.1 Å². The average molecular weight is 373 g/mol. The third-order valence-electron chi connectivity index (χ3n) is 4.95. The lowest BCUT2D eigenvalue weighted by Crippen LogP contribution is -2.38. The van der Waals surface area contributed by atoms with E-state index in [1.165, 1.54) is 11.1 Å². The Morgan fingerprint density at radius 3 is 2.59 bits per heavy atom. The fourth-order valence-electron chi connectivity index (χ4n) is 3.30. The number of carbonyl (C=O) groups excluding carboxylic acids is 1. The van der Waals surface area contributed by atoms with Crippen LogP contribution in [0.5, 0.6) is 0 Å². The van der Waals surface area contributed by atoms with Crippen LogP contribution in [-0.4, -0.2) is 49.5 Å². The molecule has 1 heterocycles. The summed E-state index contributed by atoms with van der Waals surface area (Å²) in [4.78, 5) is 18.2. The fraction of sp³-hybridized carbons (Fsp3) is 0.636. The van der Waals surface area contributed by atoms with Crippen molar-refractivity contribution in [3.63, 3.8) is 0 Å². The topological polar surface area (TPSA) is 56.7 Å². The molecular weight excluding hydrogens is 336 g/mol. The minimum atomic E-state index is 0.297. The molecule has 1 aliphatic heterocycles. The van der Waals surface area contributed by atoms with Crippen LogP contribution in [0.25, 0.3) is 0 Å². The van der Waals surface area contributed by atoms with Gasteiger partial charge in [-0.2, -0.15) is 0 Å². The number of aryl methyl sites for hydroxylation is 1. The smallest absolute Gasteiger partial charge is 0.222 e. The van der Waals surface area contributed by atoms with Crippen molar-refractivity contribution in [2.75, 3.05) is 32.7 Å². The van der Waals surface area contributed by atoms with Gasteiger partial charge in [0.25, 0.3) is 0 Å². The van der Waals surface area contributed by atoms with Crippen molar-refractivity contribution in [2.45, 2.75) is 58.8 Å². The Labute approximate surface area is 164 Å². The molecule has 0 unspecified atom stereocenters. The van der Waals surface area contributed by atoms with Gasteiger partial charge in [0.2, 0.25) is 5.91 Å². The van der Waals surface area contributed by atoms with Gasteiger partial charge in [0.05, 0.1) is 0 Å². The van der Waals surface area contributed by atoms with E-state index in [0.29, 0.717) is 18.2 Å². The normalized spacial score (nSPS) is 14.9. The van der Waals surface area contributed by atoms with Crippen molar-refractivity contribution >= 4 is 11.9 Å². The lowest BCUT2D eigenvalue weighted by atomic mass is 10.0. The third kappa shape index (κ3) is 7.61. The average Bonchev–Trinajstić information content (AvgIpc) is 3.07. The number of aliphatic imine (C=N–C) groups is 1. The highest BCUT2D eigenvalue weighted by molar-refractivity contribution is 5.79. The molecule has 1 aliphatic rings. The highest BCUT2D eigenvalue weighted by atomic mass is 16.2. The lowest BCUT2D eigenvalue weighted by molar-refractivity contribution is -0.127. The molecular formula is C22H36N4O. The predicted octanol–water partition coefficient (Wildman–Crippen LogP) is 3.31. The number of amides is 1. The monoisotopic (exact) mass is 372 g/mol. The molecule has 27 heavy (non-hydrogen) atoms. The maximum atomic E-state index is 11.6. The summed E-state index contributed by atoms with van der Waals surface area (Å²) in [6, 6.07) is 8.97. The van der Waals surface area contributed by atoms with Crippen molar-refractivity contribution in [1.29, 1.82) is 0 Å². The third-order valence-corrected chi connectivity index (χ3v) is 4.95. The number of benzene rings is 1. The van der Waals surface area contributed by atoms with Gasteiger partial charge in [-0.15, -0.1) is 0 Å². The summed E-state index contributed by atoms with van der Waals surface area (Å²) in [6.45, 7) is 10.8. The van der Waals surface area contributed by atoms with E-state index in [-0.39, 0.29) is 0 Å². The summed E-state index contributed by atoms with van der Waals surface area (Å²) in [5.41, 5.74) is 2.78. The van der Waals surface area contributed by atoms with E-state index < -0.39 is 0 Å². The highest BCUT2D eigenvalue weighted by Gasteiger charge is 2.18. The quantitative estimate of drug-likeness (QED) is 0.376. The number of rotatable bonds is 10. The predicted molar refractivity (Wildman–Crippen MR) is 113 cm³/mol. The van der Waals surface area contributed by atoms with E-state index >= 15 is 0 Å². The Bertz CT molecular complexity index is 595. The molecule has 1 saturated heterocycles. The van der Waals surface area contributed by atoms with Gasteiger partial charge >= 0.3 is 0 Å². The lowest BCUT2D eigenvalue weighted by Gasteiger charge is -2.15. The number of likely N-dealkylation sites (tertiary alicyclic amines) is 1. The molecule has 2 rings (SSSR count). The van der Waals surface area contributed by atoms with Crippen LogP contribution in [0.3, 0.4) is 0 Å². The Morgan fingerprint density at radius 2 is 1.96 bits per heavy atom. The van der Waals surface area contributed by atoms with Gasteiger partial charge in [0.15, 0.2) is 5.96 Å². The largest absolute Gasteiger partial charge is 0.357 e. The summed E-state index contributed by atoms with van der Waals surface area (Å²) in [5.74, 6) is 1.76. The molecule has 5 nitrogen and oxygen atoms in total. The van der Waals surface area contributed by atoms with Gasteiger partial charge in [0.1, 0.15) is 0 Å². The van der Waals surface area contributed by atoms with Gasteiger partial charge < -0.3 is 15.5 Å². The zero-order valence-electron chi connectivity index (χ0n) is 17.3. The maximum Gasteiger partial charge on any atom is 0.222 e. The summed E-state index contributed by atoms with van der Waals surface area (Å²) in [7, 11) is 0. The molecule has 0 spiro atoms. The minimum Gasteiger partial charge on any atom is -0.357 e. The SMILES string of the molecule is CCNC(=NCCCN1CCCC1=O)NCCCc1ccc(C(C)C)cc1. The number of nitrogens with one attached hydrogen (secondary N) is 2. The second-order valence-electron chi connectivity index (χ2n) is 7.53. The molecule has 2 N–H and O–H groups in total. The molecule has 150 valence electrons. The first-order valence-corrected chi connectivity index (χ1v) is 10.5. The first kappa shape index (κ1) is 21.3. The van der Waals surface area contributed by atoms with Crippen LogP contribution in [0, 0.1) is 0 Å². The number of carbonyl (C=O) groups is 1.